The normalized spacial score (nSPS) is 11.4. The summed E-state index contributed by atoms with van der Waals surface area (Å²) in [5.41, 5.74) is 33.1. The molecule has 9 heteroatoms. The number of rotatable bonds is 11. The molecule has 0 bridgehead atoms. The Morgan fingerprint density at radius 2 is 0.496 bits per heavy atom. The van der Waals surface area contributed by atoms with Gasteiger partial charge in [-0.1, -0.05) is 315 Å². The zero-order chi connectivity index (χ0) is 77.5. The predicted molar refractivity (Wildman–Crippen MR) is 480 cm³/mol. The fourth-order valence-corrected chi connectivity index (χ4v) is 16.0. The molecule has 0 aliphatic heterocycles. The van der Waals surface area contributed by atoms with E-state index in [9.17, 15) is 0 Å². The van der Waals surface area contributed by atoms with Gasteiger partial charge < -0.3 is 13.3 Å². The topological polar surface area (TPSA) is 117 Å². The van der Waals surface area contributed by atoms with Crippen LogP contribution in [0.15, 0.2) is 426 Å². The molecule has 0 atom stereocenters. The van der Waals surface area contributed by atoms with E-state index in [1.165, 1.54) is 11.1 Å². The summed E-state index contributed by atoms with van der Waals surface area (Å²) in [5.74, 6) is 0. The summed E-state index contributed by atoms with van der Waals surface area (Å²) in [7, 11) is 0. The Kier molecular flexibility index (Phi) is 17.7. The molecule has 0 fully saturated rings. The van der Waals surface area contributed by atoms with Crippen molar-refractivity contribution in [2.45, 2.75) is 0 Å². The van der Waals surface area contributed by atoms with Gasteiger partial charge in [0.05, 0.1) is 61.7 Å². The summed E-state index contributed by atoms with van der Waals surface area (Å²) in [6.45, 7) is 0. The second-order valence-electron chi connectivity index (χ2n) is 29.1. The molecule has 0 aliphatic carbocycles. The number of furan rings is 3. The van der Waals surface area contributed by atoms with Gasteiger partial charge in [-0.2, -0.15) is 0 Å². The van der Waals surface area contributed by atoms with Crippen molar-refractivity contribution in [3.05, 3.63) is 413 Å². The van der Waals surface area contributed by atoms with Crippen molar-refractivity contribution in [1.29, 1.82) is 0 Å². The molecule has 0 unspecified atom stereocenters. The highest BCUT2D eigenvalue weighted by Gasteiger charge is 2.20. The third-order valence-corrected chi connectivity index (χ3v) is 21.9. The first kappa shape index (κ1) is 69.1. The van der Waals surface area contributed by atoms with Crippen molar-refractivity contribution >= 4 is 98.8 Å². The Hall–Kier alpha value is -15.8. The van der Waals surface area contributed by atoms with E-state index in [4.69, 9.17) is 38.2 Å². The van der Waals surface area contributed by atoms with Crippen molar-refractivity contribution in [2.75, 3.05) is 0 Å². The molecule has 7 aromatic heterocycles. The van der Waals surface area contributed by atoms with Gasteiger partial charge in [0.2, 0.25) is 0 Å². The van der Waals surface area contributed by atoms with Gasteiger partial charge in [-0.05, 0) is 141 Å². The summed E-state index contributed by atoms with van der Waals surface area (Å²) >= 11 is 0. The van der Waals surface area contributed by atoms with Gasteiger partial charge in [-0.3, -0.25) is 4.98 Å². The minimum absolute atomic E-state index is 0.877. The number of pyridine rings is 2. The van der Waals surface area contributed by atoms with Gasteiger partial charge in [0, 0.05) is 82.8 Å². The summed E-state index contributed by atoms with van der Waals surface area (Å²) in [4.78, 5) is 30.3. The zero-order valence-corrected chi connectivity index (χ0v) is 63.2. The Morgan fingerprint density at radius 3 is 0.940 bits per heavy atom. The zero-order valence-electron chi connectivity index (χ0n) is 63.2. The van der Waals surface area contributed by atoms with Crippen LogP contribution in [0.1, 0.15) is 0 Å². The molecule has 0 saturated heterocycles. The number of benzene rings is 16. The van der Waals surface area contributed by atoms with Crippen LogP contribution in [-0.4, -0.2) is 29.9 Å². The molecular formula is C108H68N6O3. The Bertz CT molecular complexity index is 7600. The number of para-hydroxylation sites is 4. The van der Waals surface area contributed by atoms with E-state index < -0.39 is 0 Å². The van der Waals surface area contributed by atoms with Crippen LogP contribution >= 0.6 is 0 Å². The van der Waals surface area contributed by atoms with Gasteiger partial charge in [0.25, 0.3) is 0 Å². The van der Waals surface area contributed by atoms with Crippen molar-refractivity contribution in [3.63, 3.8) is 0 Å². The lowest BCUT2D eigenvalue weighted by Gasteiger charge is -2.13. The molecular weight excluding hydrogens is 1430 g/mol. The summed E-state index contributed by atoms with van der Waals surface area (Å²) in [6, 6.07) is 140. The van der Waals surface area contributed by atoms with Crippen molar-refractivity contribution in [1.82, 2.24) is 29.9 Å². The van der Waals surface area contributed by atoms with E-state index in [0.717, 1.165) is 211 Å². The highest BCUT2D eigenvalue weighted by molar-refractivity contribution is 6.09. The van der Waals surface area contributed by atoms with Crippen LogP contribution in [0.3, 0.4) is 0 Å². The van der Waals surface area contributed by atoms with E-state index >= 15 is 0 Å². The quantitative estimate of drug-likeness (QED) is 0.125. The molecule has 0 amide bonds. The summed E-state index contributed by atoms with van der Waals surface area (Å²) < 4.78 is 18.0. The van der Waals surface area contributed by atoms with E-state index in [-0.39, 0.29) is 0 Å². The Morgan fingerprint density at radius 1 is 0.162 bits per heavy atom. The number of fused-ring (bicyclic) bond motifs is 12. The molecule has 0 radical (unpaired) electrons. The molecule has 7 heterocycles. The number of nitrogens with zero attached hydrogens (tertiary/aromatic N) is 6. The maximum absolute atomic E-state index is 6.03. The Labute approximate surface area is 673 Å². The standard InChI is InChI=1S/2C38H24N2O.C32H20N2O/c1-3-10-27(11-4-1)36-37(28-12-5-2-6-13-28)40-38-30(15-9-16-33(38)39-36)26-20-18-25(19-21-26)29-22-23-35-32(24-29)31-14-7-8-17-34(31)41-35;1-3-9-27(10-4-1)37-38(28-11-5-2-6-12-28)40-34-24-30(19-21-33(34)39-37)26-17-15-25(16-18-26)29-20-22-36-32(23-29)31-13-7-8-14-35(31)41-36;1-2-7-23(8-3-1)32-26-10-6-18-33-29(26)20-28(34-32)22-14-12-21(13-15-22)24-16-17-31-27(19-24)25-9-4-5-11-30(25)35-31/h2*1-24H;1-20H. The fraction of sp³-hybridized carbons (Fsp3) is 0. The van der Waals surface area contributed by atoms with Crippen molar-refractivity contribution < 1.29 is 13.3 Å². The van der Waals surface area contributed by atoms with Crippen LogP contribution in [-0.2, 0) is 0 Å². The van der Waals surface area contributed by atoms with Crippen LogP contribution in [0.4, 0.5) is 0 Å². The van der Waals surface area contributed by atoms with Gasteiger partial charge in [-0.25, -0.2) is 24.9 Å². The lowest BCUT2D eigenvalue weighted by molar-refractivity contribution is 0.668. The van der Waals surface area contributed by atoms with E-state index in [2.05, 4.69) is 266 Å². The third-order valence-electron chi connectivity index (χ3n) is 21.9. The molecule has 117 heavy (non-hydrogen) atoms. The summed E-state index contributed by atoms with van der Waals surface area (Å²) in [5, 5.41) is 7.88. The minimum atomic E-state index is 0.877. The van der Waals surface area contributed by atoms with Crippen molar-refractivity contribution in [2.24, 2.45) is 0 Å². The third kappa shape index (κ3) is 13.4. The highest BCUT2D eigenvalue weighted by atomic mass is 16.3. The van der Waals surface area contributed by atoms with E-state index in [1.807, 2.05) is 152 Å². The lowest BCUT2D eigenvalue weighted by atomic mass is 9.97. The molecule has 9 nitrogen and oxygen atoms in total. The molecule has 23 aromatic rings. The molecule has 0 saturated carbocycles. The maximum Gasteiger partial charge on any atom is 0.135 e. The van der Waals surface area contributed by atoms with Gasteiger partial charge in [0.1, 0.15) is 33.5 Å². The van der Waals surface area contributed by atoms with Gasteiger partial charge in [-0.15, -0.1) is 0 Å². The largest absolute Gasteiger partial charge is 0.456 e. The average Bonchev–Trinajstić information content (AvgIpc) is 1.73. The molecule has 23 rings (SSSR count). The SMILES string of the molecule is c1ccc(-c2nc(-c3ccc(-c4ccc5oc6ccccc6c5c4)cc3)cc3ncccc23)cc1.c1ccc(-c2nc3ccc(-c4ccc(-c5ccc6oc7ccccc7c6c5)cc4)cc3nc2-c2ccccc2)cc1.c1ccc(-c2nc3cccc(-c4ccc(-c5ccc6oc7ccccc7c6c5)cc4)c3nc2-c2ccccc2)cc1. The minimum Gasteiger partial charge on any atom is -0.456 e. The maximum atomic E-state index is 6.03. The fourth-order valence-electron chi connectivity index (χ4n) is 16.0. The smallest absolute Gasteiger partial charge is 0.135 e. The van der Waals surface area contributed by atoms with Gasteiger partial charge >= 0.3 is 0 Å². The molecule has 0 aliphatic rings. The first-order chi connectivity index (χ1) is 57.9. The average molecular weight is 1500 g/mol. The number of aromatic nitrogens is 6. The number of hydrogen-bond acceptors (Lipinski definition) is 9. The van der Waals surface area contributed by atoms with Gasteiger partial charge in [0.15, 0.2) is 0 Å². The monoisotopic (exact) mass is 1500 g/mol. The highest BCUT2D eigenvalue weighted by Crippen LogP contribution is 2.42. The van der Waals surface area contributed by atoms with Crippen LogP contribution < -0.4 is 0 Å². The first-order valence-corrected chi connectivity index (χ1v) is 39.2. The molecule has 16 aromatic carbocycles. The van der Waals surface area contributed by atoms with Crippen molar-refractivity contribution in [3.8, 4) is 123 Å². The first-order valence-electron chi connectivity index (χ1n) is 39.2. The van der Waals surface area contributed by atoms with E-state index in [1.54, 1.807) is 0 Å². The van der Waals surface area contributed by atoms with Crippen LogP contribution in [0.25, 0.3) is 222 Å². The Balaban J connectivity index is 0.000000110. The van der Waals surface area contributed by atoms with E-state index in [0.29, 0.717) is 0 Å². The van der Waals surface area contributed by atoms with Crippen LogP contribution in [0.2, 0.25) is 0 Å². The molecule has 548 valence electrons. The molecule has 0 N–H and O–H groups in total. The molecule has 0 spiro atoms. The lowest BCUT2D eigenvalue weighted by Crippen LogP contribution is -1.97. The summed E-state index contributed by atoms with van der Waals surface area (Å²) in [6.07, 6.45) is 1.83. The number of hydrogen-bond donors (Lipinski definition) is 0. The second-order valence-corrected chi connectivity index (χ2v) is 29.1. The van der Waals surface area contributed by atoms with Crippen LogP contribution in [0, 0.1) is 0 Å². The van der Waals surface area contributed by atoms with Crippen LogP contribution in [0.5, 0.6) is 0 Å². The predicted octanol–water partition coefficient (Wildman–Crippen LogP) is 28.9. The second kappa shape index (κ2) is 30.0.